The lowest BCUT2D eigenvalue weighted by atomic mass is 10.2. The number of imidazole rings is 1. The first-order chi connectivity index (χ1) is 9.69. The predicted octanol–water partition coefficient (Wildman–Crippen LogP) is 4.79. The Morgan fingerprint density at radius 2 is 1.85 bits per heavy atom. The molecule has 0 spiro atoms. The molecule has 0 atom stereocenters. The van der Waals surface area contributed by atoms with E-state index in [9.17, 15) is 0 Å². The van der Waals surface area contributed by atoms with Gasteiger partial charge < -0.3 is 4.57 Å². The van der Waals surface area contributed by atoms with Gasteiger partial charge in [0, 0.05) is 11.6 Å². The number of rotatable bonds is 3. The average Bonchev–Trinajstić information content (AvgIpc) is 2.81. The number of aryl methyl sites for hydroxylation is 1. The third-order valence-corrected chi connectivity index (χ3v) is 3.92. The van der Waals surface area contributed by atoms with Crippen LogP contribution in [0.15, 0.2) is 42.5 Å². The molecule has 0 unspecified atom stereocenters. The second kappa shape index (κ2) is 5.47. The fourth-order valence-electron chi connectivity index (χ4n) is 2.39. The van der Waals surface area contributed by atoms with E-state index in [0.29, 0.717) is 5.88 Å². The average molecular weight is 305 g/mol. The zero-order valence-electron chi connectivity index (χ0n) is 11.1. The molecule has 1 heterocycles. The number of fused-ring (bicyclic) bond motifs is 1. The third kappa shape index (κ3) is 2.41. The summed E-state index contributed by atoms with van der Waals surface area (Å²) in [6, 6.07) is 14.1. The van der Waals surface area contributed by atoms with Crippen molar-refractivity contribution in [2.75, 3.05) is 0 Å². The SMILES string of the molecule is Cc1cccc2c1nc(CCl)n2Cc1ccc(Cl)cc1. The van der Waals surface area contributed by atoms with E-state index in [1.165, 1.54) is 11.1 Å². The zero-order chi connectivity index (χ0) is 14.1. The van der Waals surface area contributed by atoms with E-state index in [-0.39, 0.29) is 0 Å². The van der Waals surface area contributed by atoms with Gasteiger partial charge in [-0.15, -0.1) is 11.6 Å². The van der Waals surface area contributed by atoms with Crippen LogP contribution in [-0.4, -0.2) is 9.55 Å². The van der Waals surface area contributed by atoms with Gasteiger partial charge >= 0.3 is 0 Å². The molecule has 0 N–H and O–H groups in total. The molecule has 2 nitrogen and oxygen atoms in total. The van der Waals surface area contributed by atoms with E-state index in [0.717, 1.165) is 28.4 Å². The van der Waals surface area contributed by atoms with Crippen LogP contribution in [0, 0.1) is 6.92 Å². The van der Waals surface area contributed by atoms with Gasteiger partial charge in [-0.2, -0.15) is 0 Å². The van der Waals surface area contributed by atoms with E-state index < -0.39 is 0 Å². The second-order valence-electron chi connectivity index (χ2n) is 4.82. The molecule has 0 aliphatic heterocycles. The first-order valence-corrected chi connectivity index (χ1v) is 7.35. The second-order valence-corrected chi connectivity index (χ2v) is 5.52. The Kier molecular flexibility index (Phi) is 3.68. The summed E-state index contributed by atoms with van der Waals surface area (Å²) >= 11 is 12.0. The largest absolute Gasteiger partial charge is 0.322 e. The minimum atomic E-state index is 0.404. The molecule has 0 aliphatic rings. The van der Waals surface area contributed by atoms with Crippen molar-refractivity contribution in [2.24, 2.45) is 0 Å². The van der Waals surface area contributed by atoms with Gasteiger partial charge in [0.25, 0.3) is 0 Å². The number of halogens is 2. The smallest absolute Gasteiger partial charge is 0.125 e. The summed E-state index contributed by atoms with van der Waals surface area (Å²) in [6.45, 7) is 2.82. The van der Waals surface area contributed by atoms with Crippen LogP contribution in [0.5, 0.6) is 0 Å². The summed E-state index contributed by atoms with van der Waals surface area (Å²) in [4.78, 5) is 4.65. The molecule has 0 bridgehead atoms. The van der Waals surface area contributed by atoms with Gasteiger partial charge in [0.05, 0.1) is 16.9 Å². The number of nitrogens with zero attached hydrogens (tertiary/aromatic N) is 2. The van der Waals surface area contributed by atoms with Gasteiger partial charge in [0.2, 0.25) is 0 Å². The highest BCUT2D eigenvalue weighted by atomic mass is 35.5. The molecule has 20 heavy (non-hydrogen) atoms. The van der Waals surface area contributed by atoms with Crippen molar-refractivity contribution >= 4 is 34.2 Å². The standard InChI is InChI=1S/C16H14Cl2N2/c1-11-3-2-4-14-16(11)19-15(9-17)20(14)10-12-5-7-13(18)8-6-12/h2-8H,9-10H2,1H3. The van der Waals surface area contributed by atoms with Gasteiger partial charge in [0.15, 0.2) is 0 Å². The normalized spacial score (nSPS) is 11.2. The Bertz CT molecular complexity index is 745. The Labute approximate surface area is 128 Å². The summed E-state index contributed by atoms with van der Waals surface area (Å²) in [7, 11) is 0. The van der Waals surface area contributed by atoms with Crippen LogP contribution < -0.4 is 0 Å². The van der Waals surface area contributed by atoms with Crippen LogP contribution in [0.4, 0.5) is 0 Å². The molecule has 102 valence electrons. The summed E-state index contributed by atoms with van der Waals surface area (Å²) in [5.74, 6) is 1.30. The zero-order valence-corrected chi connectivity index (χ0v) is 12.6. The predicted molar refractivity (Wildman–Crippen MR) is 84.6 cm³/mol. The molecule has 1 aromatic heterocycles. The highest BCUT2D eigenvalue weighted by Gasteiger charge is 2.11. The van der Waals surface area contributed by atoms with E-state index in [1.807, 2.05) is 24.3 Å². The van der Waals surface area contributed by atoms with Gasteiger partial charge in [-0.05, 0) is 36.2 Å². The van der Waals surface area contributed by atoms with Crippen LogP contribution in [0.3, 0.4) is 0 Å². The number of para-hydroxylation sites is 1. The van der Waals surface area contributed by atoms with Crippen molar-refractivity contribution in [3.8, 4) is 0 Å². The number of aromatic nitrogens is 2. The molecule has 4 heteroatoms. The molecule has 2 aromatic carbocycles. The first-order valence-electron chi connectivity index (χ1n) is 6.44. The Morgan fingerprint density at radius 3 is 2.55 bits per heavy atom. The summed E-state index contributed by atoms with van der Waals surface area (Å²) < 4.78 is 2.17. The maximum absolute atomic E-state index is 6.04. The molecular formula is C16H14Cl2N2. The van der Waals surface area contributed by atoms with Crippen molar-refractivity contribution in [3.63, 3.8) is 0 Å². The molecule has 0 radical (unpaired) electrons. The highest BCUT2D eigenvalue weighted by molar-refractivity contribution is 6.30. The van der Waals surface area contributed by atoms with Crippen LogP contribution in [0.2, 0.25) is 5.02 Å². The van der Waals surface area contributed by atoms with Crippen molar-refractivity contribution in [1.29, 1.82) is 0 Å². The fraction of sp³-hybridized carbons (Fsp3) is 0.188. The van der Waals surface area contributed by atoms with Gasteiger partial charge in [-0.3, -0.25) is 0 Å². The number of alkyl halides is 1. The Morgan fingerprint density at radius 1 is 1.10 bits per heavy atom. The Balaban J connectivity index is 2.10. The van der Waals surface area contributed by atoms with Crippen molar-refractivity contribution < 1.29 is 0 Å². The summed E-state index contributed by atoms with van der Waals surface area (Å²) in [6.07, 6.45) is 0. The molecular weight excluding hydrogens is 291 g/mol. The molecule has 0 saturated heterocycles. The van der Waals surface area contributed by atoms with Crippen molar-refractivity contribution in [2.45, 2.75) is 19.3 Å². The third-order valence-electron chi connectivity index (χ3n) is 3.43. The lowest BCUT2D eigenvalue weighted by molar-refractivity contribution is 0.779. The number of hydrogen-bond donors (Lipinski definition) is 0. The fourth-order valence-corrected chi connectivity index (χ4v) is 2.72. The van der Waals surface area contributed by atoms with Crippen molar-refractivity contribution in [3.05, 3.63) is 64.4 Å². The first kappa shape index (κ1) is 13.5. The summed E-state index contributed by atoms with van der Waals surface area (Å²) in [5, 5.41) is 0.748. The molecule has 3 aromatic rings. The summed E-state index contributed by atoms with van der Waals surface area (Å²) in [5.41, 5.74) is 4.50. The molecule has 0 fully saturated rings. The van der Waals surface area contributed by atoms with Crippen molar-refractivity contribution in [1.82, 2.24) is 9.55 Å². The van der Waals surface area contributed by atoms with Crippen LogP contribution in [-0.2, 0) is 12.4 Å². The van der Waals surface area contributed by atoms with E-state index in [4.69, 9.17) is 23.2 Å². The molecule has 0 aliphatic carbocycles. The van der Waals surface area contributed by atoms with Crippen LogP contribution >= 0.6 is 23.2 Å². The molecule has 0 amide bonds. The highest BCUT2D eigenvalue weighted by Crippen LogP contribution is 2.22. The number of hydrogen-bond acceptors (Lipinski definition) is 1. The van der Waals surface area contributed by atoms with E-state index in [1.54, 1.807) is 0 Å². The molecule has 3 rings (SSSR count). The minimum absolute atomic E-state index is 0.404. The maximum Gasteiger partial charge on any atom is 0.125 e. The lowest BCUT2D eigenvalue weighted by Gasteiger charge is -2.08. The topological polar surface area (TPSA) is 17.8 Å². The molecule has 0 saturated carbocycles. The quantitative estimate of drug-likeness (QED) is 0.636. The van der Waals surface area contributed by atoms with E-state index in [2.05, 4.69) is 34.7 Å². The van der Waals surface area contributed by atoms with Gasteiger partial charge in [-0.25, -0.2) is 4.98 Å². The van der Waals surface area contributed by atoms with Gasteiger partial charge in [0.1, 0.15) is 5.82 Å². The lowest BCUT2D eigenvalue weighted by Crippen LogP contribution is -2.03. The van der Waals surface area contributed by atoms with Crippen LogP contribution in [0.25, 0.3) is 11.0 Å². The monoisotopic (exact) mass is 304 g/mol. The van der Waals surface area contributed by atoms with Gasteiger partial charge in [-0.1, -0.05) is 35.9 Å². The number of benzene rings is 2. The maximum atomic E-state index is 6.04. The minimum Gasteiger partial charge on any atom is -0.322 e. The Hall–Kier alpha value is -1.51. The van der Waals surface area contributed by atoms with Crippen LogP contribution in [0.1, 0.15) is 17.0 Å². The van der Waals surface area contributed by atoms with E-state index >= 15 is 0 Å².